The number of amides is 1. The van der Waals surface area contributed by atoms with E-state index < -0.39 is 10.5 Å². The first-order chi connectivity index (χ1) is 11.5. The van der Waals surface area contributed by atoms with Crippen LogP contribution in [0.2, 0.25) is 5.02 Å². The number of hydrogen-bond acceptors (Lipinski definition) is 5. The Morgan fingerprint density at radius 2 is 1.96 bits per heavy atom. The number of nitro groups is 1. The summed E-state index contributed by atoms with van der Waals surface area (Å²) in [6.45, 7) is 0.155. The van der Waals surface area contributed by atoms with Crippen LogP contribution in [0.3, 0.4) is 0 Å². The zero-order chi connectivity index (χ0) is 17.5. The maximum Gasteiger partial charge on any atom is 0.285 e. The fourth-order valence-electron chi connectivity index (χ4n) is 1.85. The van der Waals surface area contributed by atoms with Gasteiger partial charge in [-0.3, -0.25) is 24.3 Å². The van der Waals surface area contributed by atoms with Crippen LogP contribution in [0.1, 0.15) is 0 Å². The Bertz CT molecular complexity index is 792. The average Bonchev–Trinajstić information content (AvgIpc) is 2.55. The molecule has 24 heavy (non-hydrogen) atoms. The summed E-state index contributed by atoms with van der Waals surface area (Å²) >= 11 is 7.35. The smallest absolute Gasteiger partial charge is 0.285 e. The zero-order valence-corrected chi connectivity index (χ0v) is 14.0. The number of nitrogens with zero attached hydrogens (tertiary/aromatic N) is 2. The highest BCUT2D eigenvalue weighted by Crippen LogP contribution is 2.19. The quantitative estimate of drug-likeness (QED) is 0.351. The molecule has 1 heterocycles. The highest BCUT2D eigenvalue weighted by atomic mass is 35.5. The third-order valence-electron chi connectivity index (χ3n) is 3.00. The molecule has 0 radical (unpaired) electrons. The van der Waals surface area contributed by atoms with Crippen LogP contribution in [-0.4, -0.2) is 27.7 Å². The molecule has 0 spiro atoms. The van der Waals surface area contributed by atoms with Gasteiger partial charge in [0, 0.05) is 34.3 Å². The summed E-state index contributed by atoms with van der Waals surface area (Å²) in [4.78, 5) is 34.6. The molecule has 1 aromatic heterocycles. The molecule has 0 unspecified atom stereocenters. The Morgan fingerprint density at radius 1 is 1.25 bits per heavy atom. The van der Waals surface area contributed by atoms with Crippen molar-refractivity contribution in [3.63, 3.8) is 0 Å². The zero-order valence-electron chi connectivity index (χ0n) is 12.5. The van der Waals surface area contributed by atoms with Crippen molar-refractivity contribution in [1.29, 1.82) is 0 Å². The van der Waals surface area contributed by atoms with E-state index in [9.17, 15) is 19.7 Å². The summed E-state index contributed by atoms with van der Waals surface area (Å²) in [7, 11) is 0. The van der Waals surface area contributed by atoms with Crippen molar-refractivity contribution in [1.82, 2.24) is 9.88 Å². The molecule has 2 rings (SSSR count). The van der Waals surface area contributed by atoms with E-state index in [0.29, 0.717) is 17.3 Å². The van der Waals surface area contributed by atoms with Gasteiger partial charge in [0.05, 0.1) is 11.1 Å². The molecule has 0 saturated heterocycles. The number of thioether (sulfide) groups is 1. The number of benzene rings is 1. The molecule has 0 aliphatic heterocycles. The molecule has 1 aromatic carbocycles. The third kappa shape index (κ3) is 5.39. The van der Waals surface area contributed by atoms with Crippen molar-refractivity contribution >= 4 is 35.0 Å². The number of pyridine rings is 1. The van der Waals surface area contributed by atoms with Gasteiger partial charge in [-0.05, 0) is 24.3 Å². The first-order valence-electron chi connectivity index (χ1n) is 6.95. The SMILES string of the molecule is O=C(Cn1cc([N+](=O)[O-])ccc1=O)NCCSc1ccc(Cl)cc1. The van der Waals surface area contributed by atoms with E-state index in [0.717, 1.165) is 27.8 Å². The number of aromatic nitrogens is 1. The van der Waals surface area contributed by atoms with Crippen molar-refractivity contribution in [3.8, 4) is 0 Å². The van der Waals surface area contributed by atoms with Crippen LogP contribution in [-0.2, 0) is 11.3 Å². The van der Waals surface area contributed by atoms with Gasteiger partial charge in [-0.15, -0.1) is 11.8 Å². The van der Waals surface area contributed by atoms with Crippen molar-refractivity contribution in [3.05, 3.63) is 68.1 Å². The van der Waals surface area contributed by atoms with Crippen molar-refractivity contribution in [2.45, 2.75) is 11.4 Å². The lowest BCUT2D eigenvalue weighted by Crippen LogP contribution is -2.33. The van der Waals surface area contributed by atoms with Crippen molar-refractivity contribution in [2.75, 3.05) is 12.3 Å². The molecule has 0 atom stereocenters. The lowest BCUT2D eigenvalue weighted by atomic mass is 10.4. The van der Waals surface area contributed by atoms with E-state index in [4.69, 9.17) is 11.6 Å². The molecule has 126 valence electrons. The van der Waals surface area contributed by atoms with E-state index >= 15 is 0 Å². The van der Waals surface area contributed by atoms with E-state index in [1.165, 1.54) is 0 Å². The first kappa shape index (κ1) is 18.0. The summed E-state index contributed by atoms with van der Waals surface area (Å²) in [5.74, 6) is 0.270. The lowest BCUT2D eigenvalue weighted by Gasteiger charge is -2.07. The van der Waals surface area contributed by atoms with Gasteiger partial charge in [0.1, 0.15) is 6.54 Å². The maximum absolute atomic E-state index is 11.8. The molecule has 0 bridgehead atoms. The van der Waals surface area contributed by atoms with Crippen LogP contribution in [0.4, 0.5) is 5.69 Å². The normalized spacial score (nSPS) is 10.4. The fourth-order valence-corrected chi connectivity index (χ4v) is 2.75. The largest absolute Gasteiger partial charge is 0.354 e. The Kier molecular flexibility index (Phi) is 6.39. The fraction of sp³-hybridized carbons (Fsp3) is 0.200. The Hall–Kier alpha value is -2.32. The topological polar surface area (TPSA) is 94.2 Å². The Labute approximate surface area is 146 Å². The third-order valence-corrected chi connectivity index (χ3v) is 4.26. The number of halogens is 1. The Morgan fingerprint density at radius 3 is 2.62 bits per heavy atom. The minimum Gasteiger partial charge on any atom is -0.354 e. The average molecular weight is 368 g/mol. The van der Waals surface area contributed by atoms with Crippen molar-refractivity contribution in [2.24, 2.45) is 0 Å². The second-order valence-corrected chi connectivity index (χ2v) is 6.37. The summed E-state index contributed by atoms with van der Waals surface area (Å²) in [6, 6.07) is 9.53. The second kappa shape index (κ2) is 8.51. The van der Waals surface area contributed by atoms with Crippen LogP contribution in [0, 0.1) is 10.1 Å². The monoisotopic (exact) mass is 367 g/mol. The first-order valence-corrected chi connectivity index (χ1v) is 8.32. The van der Waals surface area contributed by atoms with Gasteiger partial charge in [0.25, 0.3) is 11.2 Å². The molecule has 0 saturated carbocycles. The highest BCUT2D eigenvalue weighted by molar-refractivity contribution is 7.99. The van der Waals surface area contributed by atoms with Crippen LogP contribution in [0.25, 0.3) is 0 Å². The van der Waals surface area contributed by atoms with Gasteiger partial charge >= 0.3 is 0 Å². The molecular formula is C15H14ClN3O4S. The van der Waals surface area contributed by atoms with Gasteiger partial charge in [0.15, 0.2) is 0 Å². The number of nitrogens with one attached hydrogen (secondary N) is 1. The van der Waals surface area contributed by atoms with Gasteiger partial charge in [-0.25, -0.2) is 0 Å². The highest BCUT2D eigenvalue weighted by Gasteiger charge is 2.10. The molecule has 2 aromatic rings. The molecule has 1 N–H and O–H groups in total. The summed E-state index contributed by atoms with van der Waals surface area (Å²) in [6.07, 6.45) is 1.06. The van der Waals surface area contributed by atoms with Crippen LogP contribution in [0.15, 0.2) is 52.3 Å². The second-order valence-electron chi connectivity index (χ2n) is 4.76. The van der Waals surface area contributed by atoms with Crippen LogP contribution < -0.4 is 10.9 Å². The standard InChI is InChI=1S/C15H14ClN3O4S/c16-11-1-4-13(5-2-11)24-8-7-17-14(20)10-18-9-12(19(22)23)3-6-15(18)21/h1-6,9H,7-8,10H2,(H,17,20). The van der Waals surface area contributed by atoms with Crippen LogP contribution >= 0.6 is 23.4 Å². The van der Waals surface area contributed by atoms with Gasteiger partial charge in [-0.2, -0.15) is 0 Å². The van der Waals surface area contributed by atoms with Gasteiger partial charge in [-0.1, -0.05) is 11.6 Å². The van der Waals surface area contributed by atoms with Crippen LogP contribution in [0.5, 0.6) is 0 Å². The maximum atomic E-state index is 11.8. The van der Waals surface area contributed by atoms with Gasteiger partial charge in [0.2, 0.25) is 5.91 Å². The predicted molar refractivity (Wildman–Crippen MR) is 92.5 cm³/mol. The van der Waals surface area contributed by atoms with E-state index in [2.05, 4.69) is 5.32 Å². The molecule has 0 aliphatic carbocycles. The summed E-state index contributed by atoms with van der Waals surface area (Å²) in [5, 5.41) is 14.0. The molecule has 0 aliphatic rings. The van der Waals surface area contributed by atoms with E-state index in [1.807, 2.05) is 12.1 Å². The molecule has 7 nitrogen and oxygen atoms in total. The molecule has 0 fully saturated rings. The molecular weight excluding hydrogens is 354 g/mol. The van der Waals surface area contributed by atoms with E-state index in [1.54, 1.807) is 23.9 Å². The Balaban J connectivity index is 1.81. The molecule has 1 amide bonds. The lowest BCUT2D eigenvalue weighted by molar-refractivity contribution is -0.385. The van der Waals surface area contributed by atoms with E-state index in [-0.39, 0.29) is 18.1 Å². The number of hydrogen-bond donors (Lipinski definition) is 1. The molecule has 9 heteroatoms. The number of rotatable bonds is 7. The summed E-state index contributed by atoms with van der Waals surface area (Å²) < 4.78 is 1.01. The number of carbonyl (C=O) groups excluding carboxylic acids is 1. The van der Waals surface area contributed by atoms with Crippen molar-refractivity contribution < 1.29 is 9.72 Å². The number of carbonyl (C=O) groups is 1. The van der Waals surface area contributed by atoms with Gasteiger partial charge < -0.3 is 5.32 Å². The summed E-state index contributed by atoms with van der Waals surface area (Å²) in [5.41, 5.74) is -0.702. The predicted octanol–water partition coefficient (Wildman–Crippen LogP) is 2.32. The minimum absolute atomic E-state index is 0.235. The minimum atomic E-state index is -0.614.